The fourth-order valence-corrected chi connectivity index (χ4v) is 20.2. The van der Waals surface area contributed by atoms with Crippen LogP contribution >= 0.6 is 0 Å². The Morgan fingerprint density at radius 3 is 1.28 bits per heavy atom. The lowest BCUT2D eigenvalue weighted by Gasteiger charge is -2.58. The van der Waals surface area contributed by atoms with Gasteiger partial charge in [-0.2, -0.15) is 0 Å². The first-order chi connectivity index (χ1) is 37.5. The lowest BCUT2D eigenvalue weighted by molar-refractivity contribution is -0.152. The Morgan fingerprint density at radius 2 is 0.872 bits per heavy atom. The molecule has 0 N–H and O–H groups in total. The fourth-order valence-electron chi connectivity index (χ4n) is 20.2. The van der Waals surface area contributed by atoms with Crippen LogP contribution in [0.5, 0.6) is 0 Å². The molecule has 6 fully saturated rings. The van der Waals surface area contributed by atoms with Gasteiger partial charge in [0, 0.05) is 38.5 Å². The molecule has 4 heteroatoms. The van der Waals surface area contributed by atoms with Gasteiger partial charge in [-0.1, -0.05) is 181 Å². The van der Waals surface area contributed by atoms with Crippen molar-refractivity contribution >= 4 is 11.9 Å². The van der Waals surface area contributed by atoms with Crippen LogP contribution in [0.15, 0.2) is 23.3 Å². The molecule has 0 spiro atoms. The molecule has 0 aromatic heterocycles. The smallest absolute Gasteiger partial charge is 0.306 e. The van der Waals surface area contributed by atoms with Gasteiger partial charge in [-0.05, 0) is 220 Å². The minimum atomic E-state index is 0.0179. The van der Waals surface area contributed by atoms with Crippen LogP contribution in [0.3, 0.4) is 0 Å². The SMILES string of the molecule is CC(C)CCC[C@@H](C)[C@H]1CC[C@H]2[C@@H]3CC=C4C[C@@H](OC(=O)CCCCCCCC#CC#CCCCCCCCC(=O)O[C@H]5CC[C@@]6(C)C(=CC[C@H]7[C@@H]8CC[C@H]([C@H](C)CCCC(C)C)[C@@]8(C)CC[C@@H]76)C5)CC[C@]4(C)[C@H]3CC[C@]12C. The summed E-state index contributed by atoms with van der Waals surface area (Å²) in [6.07, 6.45) is 47.9. The molecule has 78 heavy (non-hydrogen) atoms. The van der Waals surface area contributed by atoms with Crippen molar-refractivity contribution < 1.29 is 19.1 Å². The minimum Gasteiger partial charge on any atom is -0.462 e. The van der Waals surface area contributed by atoms with Gasteiger partial charge >= 0.3 is 11.9 Å². The van der Waals surface area contributed by atoms with Crippen molar-refractivity contribution in [1.82, 2.24) is 0 Å². The number of esters is 2. The van der Waals surface area contributed by atoms with E-state index >= 15 is 0 Å². The second kappa shape index (κ2) is 28.2. The normalized spacial score (nSPS) is 36.4. The zero-order chi connectivity index (χ0) is 55.5. The number of carbonyl (C=O) groups excluding carboxylic acids is 2. The maximum Gasteiger partial charge on any atom is 0.306 e. The molecule has 0 saturated heterocycles. The third-order valence-electron chi connectivity index (χ3n) is 24.7. The molecular formula is C74H118O4. The highest BCUT2D eigenvalue weighted by Crippen LogP contribution is 2.69. The molecule has 0 aromatic rings. The summed E-state index contributed by atoms with van der Waals surface area (Å²) in [5.74, 6) is 23.0. The molecule has 0 aromatic carbocycles. The zero-order valence-electron chi connectivity index (χ0n) is 52.3. The number of unbranched alkanes of at least 4 members (excludes halogenated alkanes) is 10. The molecule has 8 aliphatic carbocycles. The van der Waals surface area contributed by atoms with Gasteiger partial charge in [-0.25, -0.2) is 0 Å². The van der Waals surface area contributed by atoms with Crippen LogP contribution in [0, 0.1) is 116 Å². The molecular weight excluding hydrogens is 953 g/mol. The summed E-state index contributed by atoms with van der Waals surface area (Å²) in [5.41, 5.74) is 4.90. The van der Waals surface area contributed by atoms with Crippen molar-refractivity contribution in [3.8, 4) is 23.7 Å². The lowest BCUT2D eigenvalue weighted by atomic mass is 9.47. The van der Waals surface area contributed by atoms with E-state index in [0.717, 1.165) is 174 Å². The summed E-state index contributed by atoms with van der Waals surface area (Å²) in [5, 5.41) is 0. The molecule has 438 valence electrons. The fraction of sp³-hybridized carbons (Fsp3) is 0.865. The van der Waals surface area contributed by atoms with Crippen LogP contribution in [0.2, 0.25) is 0 Å². The van der Waals surface area contributed by atoms with E-state index < -0.39 is 0 Å². The number of hydrogen-bond donors (Lipinski definition) is 0. The zero-order valence-corrected chi connectivity index (χ0v) is 52.3. The second-order valence-electron chi connectivity index (χ2n) is 30.4. The van der Waals surface area contributed by atoms with Crippen molar-refractivity contribution in [2.24, 2.45) is 92.7 Å². The van der Waals surface area contributed by atoms with Gasteiger partial charge in [-0.3, -0.25) is 9.59 Å². The van der Waals surface area contributed by atoms with E-state index in [4.69, 9.17) is 9.47 Å². The first-order valence-corrected chi connectivity index (χ1v) is 34.2. The van der Waals surface area contributed by atoms with E-state index in [9.17, 15) is 9.59 Å². The topological polar surface area (TPSA) is 52.6 Å². The molecule has 0 aliphatic heterocycles. The number of allylic oxidation sites excluding steroid dienone is 2. The summed E-state index contributed by atoms with van der Waals surface area (Å²) in [7, 11) is 0. The largest absolute Gasteiger partial charge is 0.462 e. The van der Waals surface area contributed by atoms with E-state index in [1.165, 1.54) is 116 Å². The minimum absolute atomic E-state index is 0.0179. The second-order valence-corrected chi connectivity index (χ2v) is 30.4. The lowest BCUT2D eigenvalue weighted by Crippen LogP contribution is -2.51. The highest BCUT2D eigenvalue weighted by Gasteiger charge is 2.61. The molecule has 0 amide bonds. The molecule has 6 saturated carbocycles. The van der Waals surface area contributed by atoms with Crippen LogP contribution in [-0.2, 0) is 19.1 Å². The quantitative estimate of drug-likeness (QED) is 0.0375. The Labute approximate surface area is 481 Å². The maximum absolute atomic E-state index is 13.0. The maximum atomic E-state index is 13.0. The van der Waals surface area contributed by atoms with Gasteiger partial charge in [-0.15, -0.1) is 0 Å². The van der Waals surface area contributed by atoms with E-state index in [1.54, 1.807) is 11.1 Å². The molecule has 4 nitrogen and oxygen atoms in total. The van der Waals surface area contributed by atoms with Crippen molar-refractivity contribution in [3.05, 3.63) is 23.3 Å². The molecule has 8 rings (SSSR count). The van der Waals surface area contributed by atoms with Gasteiger partial charge in [0.25, 0.3) is 0 Å². The van der Waals surface area contributed by atoms with Crippen LogP contribution in [0.25, 0.3) is 0 Å². The van der Waals surface area contributed by atoms with Crippen molar-refractivity contribution in [3.63, 3.8) is 0 Å². The Bertz CT molecular complexity index is 1990. The molecule has 0 radical (unpaired) electrons. The number of ether oxygens (including phenoxy) is 2. The average Bonchev–Trinajstić information content (AvgIpc) is 4.10. The predicted molar refractivity (Wildman–Crippen MR) is 326 cm³/mol. The van der Waals surface area contributed by atoms with Crippen LogP contribution in [-0.4, -0.2) is 24.1 Å². The molecule has 16 atom stereocenters. The van der Waals surface area contributed by atoms with Crippen molar-refractivity contribution in [2.45, 2.75) is 313 Å². The summed E-state index contributed by atoms with van der Waals surface area (Å²) >= 11 is 0. The summed E-state index contributed by atoms with van der Waals surface area (Å²) in [6, 6.07) is 0. The summed E-state index contributed by atoms with van der Waals surface area (Å²) < 4.78 is 12.3. The molecule has 0 unspecified atom stereocenters. The summed E-state index contributed by atoms with van der Waals surface area (Å²) in [4.78, 5) is 26.0. The van der Waals surface area contributed by atoms with E-state index in [2.05, 4.69) is 105 Å². The number of carbonyl (C=O) groups is 2. The van der Waals surface area contributed by atoms with Gasteiger partial charge in [0.1, 0.15) is 12.2 Å². The Balaban J connectivity index is 0.616. The Kier molecular flexibility index (Phi) is 22.3. The van der Waals surface area contributed by atoms with Gasteiger partial charge < -0.3 is 9.47 Å². The van der Waals surface area contributed by atoms with E-state index in [-0.39, 0.29) is 24.1 Å². The standard InChI is InChI=1S/C74H118O4/c1-53(2)29-27-31-55(5)63-39-41-65-61-37-35-57-51-59(43-47-71(57,7)67(61)45-49-73(63,65)9)77-69(75)33-25-23-21-19-17-15-13-11-12-14-16-18-20-22-24-26-34-70(76)78-60-44-48-72(8)58(52-60)36-38-62-66-42-40-64(56(6)32-28-30-54(3)4)74(66,10)50-46-68(62)72/h35-36,53-56,59-68H,15-34,37-52H2,1-10H3/t55-,56-,59+,60+,61+,62+,63-,64-,65+,66+,67+,68+,71+,72+,73-,74-/m1/s1. The molecule has 0 heterocycles. The number of rotatable bonds is 26. The third-order valence-corrected chi connectivity index (χ3v) is 24.7. The number of fused-ring (bicyclic) bond motifs is 10. The van der Waals surface area contributed by atoms with Crippen molar-refractivity contribution in [1.29, 1.82) is 0 Å². The van der Waals surface area contributed by atoms with Crippen LogP contribution in [0.1, 0.15) is 300 Å². The number of hydrogen-bond acceptors (Lipinski definition) is 4. The van der Waals surface area contributed by atoms with Crippen LogP contribution < -0.4 is 0 Å². The van der Waals surface area contributed by atoms with Crippen molar-refractivity contribution in [2.75, 3.05) is 0 Å². The highest BCUT2D eigenvalue weighted by atomic mass is 16.5. The van der Waals surface area contributed by atoms with E-state index in [1.807, 2.05) is 0 Å². The molecule has 8 aliphatic rings. The first kappa shape index (κ1) is 61.6. The average molecular weight is 1070 g/mol. The Hall–Kier alpha value is -2.46. The first-order valence-electron chi connectivity index (χ1n) is 34.2. The third kappa shape index (κ3) is 14.6. The Morgan fingerprint density at radius 1 is 0.474 bits per heavy atom. The van der Waals surface area contributed by atoms with Gasteiger partial charge in [0.2, 0.25) is 0 Å². The van der Waals surface area contributed by atoms with Gasteiger partial charge in [0.05, 0.1) is 0 Å². The highest BCUT2D eigenvalue weighted by molar-refractivity contribution is 5.70. The van der Waals surface area contributed by atoms with E-state index in [0.29, 0.717) is 34.5 Å². The van der Waals surface area contributed by atoms with Gasteiger partial charge in [0.15, 0.2) is 0 Å². The predicted octanol–water partition coefficient (Wildman–Crippen LogP) is 20.4. The molecule has 0 bridgehead atoms. The van der Waals surface area contributed by atoms with Crippen LogP contribution in [0.4, 0.5) is 0 Å². The monoisotopic (exact) mass is 1070 g/mol. The summed E-state index contributed by atoms with van der Waals surface area (Å²) in [6.45, 7) is 25.3.